The van der Waals surface area contributed by atoms with Gasteiger partial charge in [0, 0.05) is 0 Å². The molecular weight excluding hydrogens is 456 g/mol. The maximum absolute atomic E-state index is 10.6. The lowest BCUT2D eigenvalue weighted by Gasteiger charge is -2.47. The Balaban J connectivity index is 1.70. The zero-order valence-electron chi connectivity index (χ0n) is 17.6. The van der Waals surface area contributed by atoms with Crippen LogP contribution in [0.2, 0.25) is 0 Å². The van der Waals surface area contributed by atoms with Gasteiger partial charge < -0.3 is 74.7 Å². The molecule has 3 rings (SSSR count). The van der Waals surface area contributed by atoms with Crippen LogP contribution in [0.15, 0.2) is 0 Å². The van der Waals surface area contributed by atoms with E-state index >= 15 is 0 Å². The Hall–Kier alpha value is -0.600. The van der Waals surface area contributed by atoms with Crippen molar-refractivity contribution in [3.63, 3.8) is 0 Å². The highest BCUT2D eigenvalue weighted by Crippen LogP contribution is 2.32. The molecule has 0 bridgehead atoms. The third-order valence-corrected chi connectivity index (χ3v) is 6.05. The molecule has 0 aromatic rings. The van der Waals surface area contributed by atoms with Gasteiger partial charge in [0.1, 0.15) is 67.1 Å². The van der Waals surface area contributed by atoms with Crippen molar-refractivity contribution < 1.29 is 74.7 Å². The molecule has 33 heavy (non-hydrogen) atoms. The molecular formula is C18H32O15. The van der Waals surface area contributed by atoms with Crippen LogP contribution in [0.25, 0.3) is 0 Å². The minimum absolute atomic E-state index is 0.721. The van der Waals surface area contributed by atoms with E-state index in [4.69, 9.17) is 23.7 Å². The Kier molecular flexibility index (Phi) is 8.99. The molecule has 0 saturated carbocycles. The quantitative estimate of drug-likeness (QED) is 0.167. The van der Waals surface area contributed by atoms with Crippen LogP contribution < -0.4 is 0 Å². The Morgan fingerprint density at radius 1 is 0.545 bits per heavy atom. The lowest BCUT2D eigenvalue weighted by molar-refractivity contribution is -0.376. The molecule has 3 fully saturated rings. The van der Waals surface area contributed by atoms with E-state index < -0.39 is 105 Å². The fourth-order valence-corrected chi connectivity index (χ4v) is 4.03. The highest BCUT2D eigenvalue weighted by molar-refractivity contribution is 4.95. The molecule has 15 heteroatoms. The summed E-state index contributed by atoms with van der Waals surface area (Å²) < 4.78 is 26.6. The van der Waals surface area contributed by atoms with Crippen LogP contribution in [0.3, 0.4) is 0 Å². The number of aliphatic hydroxyl groups is 10. The molecule has 0 aromatic carbocycles. The average Bonchev–Trinajstić information content (AvgIpc) is 2.79. The number of rotatable bonds is 6. The second kappa shape index (κ2) is 11.0. The van der Waals surface area contributed by atoms with Crippen LogP contribution in [0.4, 0.5) is 0 Å². The Morgan fingerprint density at radius 2 is 1.03 bits per heavy atom. The average molecular weight is 488 g/mol. The first-order valence-corrected chi connectivity index (χ1v) is 10.4. The topological polar surface area (TPSA) is 248 Å². The SMILES string of the molecule is C[C@H]1O[C@@H](O)[C@H](O)[C@@H](O)[C@@H]1O[C@@H]1O[C@H](CO)[C@H](O[C@H]2O[C@H](CO)[C@H](O)[C@H](O)[C@H]2O)[C@H](O)[C@H]1O. The van der Waals surface area contributed by atoms with Crippen molar-refractivity contribution in [3.05, 3.63) is 0 Å². The first-order chi connectivity index (χ1) is 15.5. The highest BCUT2D eigenvalue weighted by atomic mass is 16.8. The van der Waals surface area contributed by atoms with Gasteiger partial charge in [-0.05, 0) is 6.92 Å². The summed E-state index contributed by atoms with van der Waals surface area (Å²) in [4.78, 5) is 0. The number of hydrogen-bond acceptors (Lipinski definition) is 15. The summed E-state index contributed by atoms with van der Waals surface area (Å²) in [5, 5.41) is 99.5. The Bertz CT molecular complexity index is 622. The molecule has 15 atom stereocenters. The molecule has 3 aliphatic rings. The van der Waals surface area contributed by atoms with Gasteiger partial charge in [0.05, 0.1) is 19.3 Å². The normalized spacial score (nSPS) is 53.7. The molecule has 15 nitrogen and oxygen atoms in total. The maximum atomic E-state index is 10.6. The minimum atomic E-state index is -1.83. The van der Waals surface area contributed by atoms with Crippen LogP contribution >= 0.6 is 0 Å². The molecule has 0 amide bonds. The second-order valence-electron chi connectivity index (χ2n) is 8.32. The summed E-state index contributed by atoms with van der Waals surface area (Å²) in [6.45, 7) is -0.0729. The number of aliphatic hydroxyl groups excluding tert-OH is 10. The van der Waals surface area contributed by atoms with E-state index in [9.17, 15) is 51.1 Å². The summed E-state index contributed by atoms with van der Waals surface area (Å²) in [7, 11) is 0. The fraction of sp³-hybridized carbons (Fsp3) is 1.00. The van der Waals surface area contributed by atoms with E-state index in [0.29, 0.717) is 0 Å². The molecule has 0 aliphatic carbocycles. The Labute approximate surface area is 187 Å². The first kappa shape index (κ1) is 27.0. The Morgan fingerprint density at radius 3 is 1.61 bits per heavy atom. The van der Waals surface area contributed by atoms with E-state index in [2.05, 4.69) is 0 Å². The van der Waals surface area contributed by atoms with Crippen LogP contribution in [0.5, 0.6) is 0 Å². The fourth-order valence-electron chi connectivity index (χ4n) is 4.03. The first-order valence-electron chi connectivity index (χ1n) is 10.4. The highest BCUT2D eigenvalue weighted by Gasteiger charge is 2.52. The zero-order valence-corrected chi connectivity index (χ0v) is 17.6. The number of hydrogen-bond donors (Lipinski definition) is 10. The molecule has 3 aliphatic heterocycles. The maximum Gasteiger partial charge on any atom is 0.187 e. The van der Waals surface area contributed by atoms with Gasteiger partial charge in [0.2, 0.25) is 0 Å². The summed E-state index contributed by atoms with van der Waals surface area (Å²) in [5.74, 6) is 0. The van der Waals surface area contributed by atoms with Gasteiger partial charge in [-0.15, -0.1) is 0 Å². The van der Waals surface area contributed by atoms with Crippen molar-refractivity contribution in [2.75, 3.05) is 13.2 Å². The summed E-state index contributed by atoms with van der Waals surface area (Å²) in [6, 6.07) is 0. The van der Waals surface area contributed by atoms with Crippen LogP contribution in [0, 0.1) is 0 Å². The van der Waals surface area contributed by atoms with E-state index in [0.717, 1.165) is 0 Å². The predicted molar refractivity (Wildman–Crippen MR) is 99.8 cm³/mol. The molecule has 0 radical (unpaired) electrons. The van der Waals surface area contributed by atoms with Gasteiger partial charge in [-0.1, -0.05) is 0 Å². The standard InChI is InChI=1S/C18H32O15/c1-4-14(9(23)11(25)16(28)29-4)32-18-13(27)10(24)15(6(3-20)31-18)33-17-12(26)8(22)7(21)5(2-19)30-17/h4-28H,2-3H2,1H3/t4-,5-,6-,7+,8+,9-,10-,11-,12-,13-,14-,15+,16-,17-,18+/m1/s1. The van der Waals surface area contributed by atoms with Crippen LogP contribution in [0.1, 0.15) is 6.92 Å². The van der Waals surface area contributed by atoms with Crippen LogP contribution in [-0.4, -0.2) is 156 Å². The molecule has 0 spiro atoms. The predicted octanol–water partition coefficient (Wildman–Crippen LogP) is -6.55. The third kappa shape index (κ3) is 5.32. The van der Waals surface area contributed by atoms with Gasteiger partial charge in [-0.2, -0.15) is 0 Å². The van der Waals surface area contributed by atoms with Crippen molar-refractivity contribution in [2.45, 2.75) is 99.0 Å². The summed E-state index contributed by atoms with van der Waals surface area (Å²) >= 11 is 0. The van der Waals surface area contributed by atoms with Gasteiger partial charge in [0.25, 0.3) is 0 Å². The smallest absolute Gasteiger partial charge is 0.187 e. The van der Waals surface area contributed by atoms with E-state index in [1.165, 1.54) is 6.92 Å². The lowest BCUT2D eigenvalue weighted by atomic mass is 9.96. The summed E-state index contributed by atoms with van der Waals surface area (Å²) in [6.07, 6.45) is -23.6. The molecule has 0 unspecified atom stereocenters. The van der Waals surface area contributed by atoms with E-state index in [1.807, 2.05) is 0 Å². The van der Waals surface area contributed by atoms with Crippen molar-refractivity contribution >= 4 is 0 Å². The van der Waals surface area contributed by atoms with Gasteiger partial charge >= 0.3 is 0 Å². The number of ether oxygens (including phenoxy) is 5. The molecule has 0 aromatic heterocycles. The van der Waals surface area contributed by atoms with Crippen molar-refractivity contribution in [1.82, 2.24) is 0 Å². The zero-order chi connectivity index (χ0) is 24.6. The van der Waals surface area contributed by atoms with Gasteiger partial charge in [-0.3, -0.25) is 0 Å². The third-order valence-electron chi connectivity index (χ3n) is 6.05. The van der Waals surface area contributed by atoms with Crippen molar-refractivity contribution in [1.29, 1.82) is 0 Å². The van der Waals surface area contributed by atoms with Crippen molar-refractivity contribution in [3.8, 4) is 0 Å². The van der Waals surface area contributed by atoms with Crippen molar-refractivity contribution in [2.24, 2.45) is 0 Å². The van der Waals surface area contributed by atoms with Gasteiger partial charge in [-0.25, -0.2) is 0 Å². The largest absolute Gasteiger partial charge is 0.394 e. The van der Waals surface area contributed by atoms with Crippen LogP contribution in [-0.2, 0) is 23.7 Å². The molecule has 10 N–H and O–H groups in total. The minimum Gasteiger partial charge on any atom is -0.394 e. The molecule has 194 valence electrons. The monoisotopic (exact) mass is 488 g/mol. The molecule has 3 heterocycles. The second-order valence-corrected chi connectivity index (χ2v) is 8.32. The lowest BCUT2D eigenvalue weighted by Crippen LogP contribution is -2.66. The van der Waals surface area contributed by atoms with E-state index in [1.54, 1.807) is 0 Å². The van der Waals surface area contributed by atoms with E-state index in [-0.39, 0.29) is 0 Å². The summed E-state index contributed by atoms with van der Waals surface area (Å²) in [5.41, 5.74) is 0. The van der Waals surface area contributed by atoms with Gasteiger partial charge in [0.15, 0.2) is 18.9 Å². The molecule has 3 saturated heterocycles.